The number of carbonyl (C=O) groups is 2. The monoisotopic (exact) mass is 321 g/mol. The number of esters is 1. The van der Waals surface area contributed by atoms with E-state index in [9.17, 15) is 9.59 Å². The summed E-state index contributed by atoms with van der Waals surface area (Å²) in [5, 5.41) is 11.7. The Balaban J connectivity index is 1.66. The molecule has 0 saturated heterocycles. The molecule has 24 heavy (non-hydrogen) atoms. The molecule has 1 aromatic carbocycles. The third-order valence-corrected chi connectivity index (χ3v) is 3.88. The smallest absolute Gasteiger partial charge is 0.337 e. The topological polar surface area (TPSA) is 82.4 Å². The van der Waals surface area contributed by atoms with Crippen LogP contribution in [0.25, 0.3) is 0 Å². The quantitative estimate of drug-likeness (QED) is 0.849. The molecular weight excluding hydrogens is 306 g/mol. The summed E-state index contributed by atoms with van der Waals surface area (Å²) < 4.78 is 4.63. The second kappa shape index (κ2) is 6.42. The van der Waals surface area contributed by atoms with Crippen molar-refractivity contribution >= 4 is 17.7 Å². The Hall–Kier alpha value is -3.33. The number of nitrogens with zero attached hydrogens (tertiary/aromatic N) is 2. The first-order valence-corrected chi connectivity index (χ1v) is 7.38. The van der Waals surface area contributed by atoms with E-state index < -0.39 is 5.97 Å². The van der Waals surface area contributed by atoms with Gasteiger partial charge in [0.2, 0.25) is 0 Å². The summed E-state index contributed by atoms with van der Waals surface area (Å²) in [4.78, 5) is 25.3. The lowest BCUT2D eigenvalue weighted by Crippen LogP contribution is -2.29. The molecule has 0 saturated carbocycles. The maximum atomic E-state index is 12.4. The van der Waals surface area contributed by atoms with Crippen LogP contribution in [0.3, 0.4) is 0 Å². The number of nitriles is 1. The van der Waals surface area contributed by atoms with E-state index in [2.05, 4.69) is 16.1 Å². The minimum absolute atomic E-state index is 0.262. The van der Waals surface area contributed by atoms with Crippen LogP contribution >= 0.6 is 0 Å². The lowest BCUT2D eigenvalue weighted by Gasteiger charge is -2.15. The van der Waals surface area contributed by atoms with Gasteiger partial charge in [-0.15, -0.1) is 0 Å². The molecule has 0 fully saturated rings. The number of hydrogen-bond acceptors (Lipinski definition) is 4. The van der Waals surface area contributed by atoms with E-state index in [4.69, 9.17) is 5.26 Å². The minimum atomic E-state index is -0.422. The number of carbonyl (C=O) groups excluding carboxylic acids is 2. The number of nitrogens with one attached hydrogen (secondary N) is 1. The Morgan fingerprint density at radius 3 is 2.67 bits per heavy atom. The Labute approximate surface area is 139 Å². The molecule has 0 aromatic heterocycles. The molecule has 6 heteroatoms. The molecule has 3 rings (SSSR count). The number of methoxy groups -OCH3 is 1. The van der Waals surface area contributed by atoms with E-state index in [0.29, 0.717) is 29.8 Å². The van der Waals surface area contributed by atoms with Gasteiger partial charge < -0.3 is 10.1 Å². The summed E-state index contributed by atoms with van der Waals surface area (Å²) in [6.45, 7) is 0.445. The van der Waals surface area contributed by atoms with E-state index >= 15 is 0 Å². The summed E-state index contributed by atoms with van der Waals surface area (Å²) in [6, 6.07) is 8.34. The van der Waals surface area contributed by atoms with Gasteiger partial charge in [0.1, 0.15) is 0 Å². The number of anilines is 1. The minimum Gasteiger partial charge on any atom is -0.465 e. The van der Waals surface area contributed by atoms with Gasteiger partial charge in [-0.1, -0.05) is 6.08 Å². The summed E-state index contributed by atoms with van der Waals surface area (Å²) in [6.07, 6.45) is 6.12. The molecule has 0 spiro atoms. The normalized spacial score (nSPS) is 15.5. The first-order chi connectivity index (χ1) is 11.6. The van der Waals surface area contributed by atoms with E-state index in [1.165, 1.54) is 7.11 Å². The average Bonchev–Trinajstić information content (AvgIpc) is 3.05. The van der Waals surface area contributed by atoms with Gasteiger partial charge in [0, 0.05) is 17.5 Å². The summed E-state index contributed by atoms with van der Waals surface area (Å²) in [5.41, 5.74) is 3.68. The van der Waals surface area contributed by atoms with Crippen LogP contribution in [0.4, 0.5) is 10.5 Å². The largest absolute Gasteiger partial charge is 0.465 e. The first kappa shape index (κ1) is 15.6. The zero-order valence-electron chi connectivity index (χ0n) is 13.1. The Kier molecular flexibility index (Phi) is 4.17. The van der Waals surface area contributed by atoms with Crippen LogP contribution in [0.15, 0.2) is 59.3 Å². The highest BCUT2D eigenvalue weighted by Gasteiger charge is 2.24. The average molecular weight is 321 g/mol. The fourth-order valence-electron chi connectivity index (χ4n) is 2.60. The number of hydrogen-bond donors (Lipinski definition) is 1. The van der Waals surface area contributed by atoms with Crippen LogP contribution in [0, 0.1) is 11.3 Å². The van der Waals surface area contributed by atoms with Crippen molar-refractivity contribution in [3.05, 3.63) is 64.9 Å². The third kappa shape index (κ3) is 3.06. The Morgan fingerprint density at radius 1 is 1.25 bits per heavy atom. The molecule has 120 valence electrons. The van der Waals surface area contributed by atoms with Crippen molar-refractivity contribution in [2.75, 3.05) is 19.0 Å². The summed E-state index contributed by atoms with van der Waals surface area (Å²) in [7, 11) is 1.32. The van der Waals surface area contributed by atoms with Gasteiger partial charge in [-0.2, -0.15) is 5.26 Å². The lowest BCUT2D eigenvalue weighted by molar-refractivity contribution is 0.0601. The Bertz CT molecular complexity index is 826. The molecule has 6 nitrogen and oxygen atoms in total. The number of rotatable bonds is 2. The molecular formula is C18H15N3O3. The van der Waals surface area contributed by atoms with Crippen LogP contribution in [0.1, 0.15) is 16.8 Å². The molecule has 1 heterocycles. The highest BCUT2D eigenvalue weighted by Crippen LogP contribution is 2.29. The fourth-order valence-corrected chi connectivity index (χ4v) is 2.60. The number of fused-ring (bicyclic) bond motifs is 1. The molecule has 0 bridgehead atoms. The Morgan fingerprint density at radius 2 is 2.00 bits per heavy atom. The van der Waals surface area contributed by atoms with Crippen LogP contribution < -0.4 is 5.32 Å². The zero-order valence-corrected chi connectivity index (χ0v) is 13.1. The van der Waals surface area contributed by atoms with Gasteiger partial charge in [-0.3, -0.25) is 4.90 Å². The zero-order chi connectivity index (χ0) is 17.1. The maximum absolute atomic E-state index is 12.4. The molecule has 1 aromatic rings. The molecule has 0 unspecified atom stereocenters. The third-order valence-electron chi connectivity index (χ3n) is 3.88. The van der Waals surface area contributed by atoms with Crippen molar-refractivity contribution in [3.63, 3.8) is 0 Å². The highest BCUT2D eigenvalue weighted by molar-refractivity contribution is 5.93. The molecule has 1 N–H and O–H groups in total. The van der Waals surface area contributed by atoms with E-state index in [-0.39, 0.29) is 6.03 Å². The lowest BCUT2D eigenvalue weighted by atomic mass is 9.97. The van der Waals surface area contributed by atoms with E-state index in [1.807, 2.05) is 12.2 Å². The predicted molar refractivity (Wildman–Crippen MR) is 88.0 cm³/mol. The van der Waals surface area contributed by atoms with Crippen molar-refractivity contribution in [1.29, 1.82) is 5.26 Å². The van der Waals surface area contributed by atoms with Crippen LogP contribution in [-0.4, -0.2) is 30.6 Å². The second-order valence-electron chi connectivity index (χ2n) is 5.43. The van der Waals surface area contributed by atoms with Crippen molar-refractivity contribution in [1.82, 2.24) is 4.90 Å². The van der Waals surface area contributed by atoms with E-state index in [1.54, 1.807) is 35.4 Å². The van der Waals surface area contributed by atoms with Crippen LogP contribution in [0.5, 0.6) is 0 Å². The second-order valence-corrected chi connectivity index (χ2v) is 5.43. The van der Waals surface area contributed by atoms with Crippen LogP contribution in [0.2, 0.25) is 0 Å². The molecule has 1 aliphatic heterocycles. The maximum Gasteiger partial charge on any atom is 0.337 e. The van der Waals surface area contributed by atoms with Gasteiger partial charge in [-0.05, 0) is 47.9 Å². The molecule has 0 atom stereocenters. The fraction of sp³-hybridized carbons (Fsp3) is 0.167. The van der Waals surface area contributed by atoms with Gasteiger partial charge in [0.15, 0.2) is 0 Å². The van der Waals surface area contributed by atoms with Crippen LogP contribution in [-0.2, 0) is 4.74 Å². The number of urea groups is 1. The molecule has 2 aliphatic rings. The highest BCUT2D eigenvalue weighted by atomic mass is 16.5. The SMILES string of the molecule is COC(=O)c1ccc(NC(=O)N2C=C3CC=C(C#N)C=C3C2)cc1. The number of ether oxygens (including phenoxy) is 1. The predicted octanol–water partition coefficient (Wildman–Crippen LogP) is 2.98. The van der Waals surface area contributed by atoms with Gasteiger partial charge in [0.05, 0.1) is 25.3 Å². The molecule has 0 radical (unpaired) electrons. The van der Waals surface area contributed by atoms with Gasteiger partial charge in [0.25, 0.3) is 0 Å². The van der Waals surface area contributed by atoms with E-state index in [0.717, 1.165) is 11.1 Å². The van der Waals surface area contributed by atoms with Crippen molar-refractivity contribution in [2.24, 2.45) is 0 Å². The number of benzene rings is 1. The summed E-state index contributed by atoms with van der Waals surface area (Å²) in [5.74, 6) is -0.422. The van der Waals surface area contributed by atoms with Crippen molar-refractivity contribution in [3.8, 4) is 6.07 Å². The molecule has 2 amide bonds. The first-order valence-electron chi connectivity index (χ1n) is 7.38. The van der Waals surface area contributed by atoms with Crippen molar-refractivity contribution in [2.45, 2.75) is 6.42 Å². The molecule has 1 aliphatic carbocycles. The van der Waals surface area contributed by atoms with Gasteiger partial charge >= 0.3 is 12.0 Å². The number of amides is 2. The standard InChI is InChI=1S/C18H15N3O3/c1-24-17(22)13-4-6-16(7-5-13)20-18(23)21-10-14-3-2-12(9-19)8-15(14)11-21/h2,4-8,10H,3,11H2,1H3,(H,20,23). The summed E-state index contributed by atoms with van der Waals surface area (Å²) >= 11 is 0. The van der Waals surface area contributed by atoms with Gasteiger partial charge in [-0.25, -0.2) is 9.59 Å². The number of allylic oxidation sites excluding steroid dienone is 3. The van der Waals surface area contributed by atoms with Crippen molar-refractivity contribution < 1.29 is 14.3 Å².